The van der Waals surface area contributed by atoms with E-state index in [-0.39, 0.29) is 63.1 Å². The normalized spacial score (nSPS) is 3.38. The Hall–Kier alpha value is 1.69. The Balaban J connectivity index is -0.00000000750. The second kappa shape index (κ2) is 23.4. The van der Waals surface area contributed by atoms with Gasteiger partial charge in [0.05, 0.1) is 0 Å². The van der Waals surface area contributed by atoms with Crippen molar-refractivity contribution in [3.8, 4) is 0 Å². The molecule has 0 atom stereocenters. The van der Waals surface area contributed by atoms with E-state index in [1.54, 1.807) is 0 Å². The van der Waals surface area contributed by atoms with E-state index in [1.165, 1.54) is 0 Å². The molecule has 0 saturated heterocycles. The van der Waals surface area contributed by atoms with Crippen LogP contribution < -0.4 is 37.2 Å². The molecular weight excluding hydrogens is 344 g/mol. The molecule has 3 nitrogen and oxygen atoms in total. The minimum absolute atomic E-state index is 0. The fourth-order valence-corrected chi connectivity index (χ4v) is 0. The molecule has 0 unspecified atom stereocenters. The van der Waals surface area contributed by atoms with Crippen molar-refractivity contribution >= 4 is 7.32 Å². The quantitative estimate of drug-likeness (QED) is 0.382. The van der Waals surface area contributed by atoms with Crippen LogP contribution in [0.2, 0.25) is 0 Å². The van der Waals surface area contributed by atoms with Crippen molar-refractivity contribution < 1.29 is 78.1 Å². The van der Waals surface area contributed by atoms with Crippen molar-refractivity contribution in [1.82, 2.24) is 0 Å². The predicted molar refractivity (Wildman–Crippen MR) is 12.4 cm³/mol. The van der Waals surface area contributed by atoms with Crippen molar-refractivity contribution in [2.24, 2.45) is 0 Å². The van der Waals surface area contributed by atoms with Gasteiger partial charge in [-0.2, -0.15) is 0 Å². The van der Waals surface area contributed by atoms with E-state index >= 15 is 0 Å². The first-order valence-electron chi connectivity index (χ1n) is 0.775. The van der Waals surface area contributed by atoms with Crippen molar-refractivity contribution in [2.45, 2.75) is 0 Å². The SMILES string of the molecule is OB(O)O.[Cl-].[Cl-].[Cl-].[Hf+3]. The van der Waals surface area contributed by atoms with Gasteiger partial charge in [-0.05, 0) is 0 Å². The van der Waals surface area contributed by atoms with Gasteiger partial charge >= 0.3 is 33.2 Å². The van der Waals surface area contributed by atoms with Crippen LogP contribution >= 0.6 is 0 Å². The Morgan fingerprint density at radius 1 is 0.750 bits per heavy atom. The first-order valence-corrected chi connectivity index (χ1v) is 0.775. The molecule has 0 saturated carbocycles. The third-order valence-corrected chi connectivity index (χ3v) is 0. The molecule has 0 aromatic carbocycles. The summed E-state index contributed by atoms with van der Waals surface area (Å²) in [6, 6.07) is 0. The van der Waals surface area contributed by atoms with Gasteiger partial charge in [-0.3, -0.25) is 0 Å². The zero-order valence-corrected chi connectivity index (χ0v) is 9.41. The fourth-order valence-electron chi connectivity index (χ4n) is 0. The Labute approximate surface area is 85.1 Å². The van der Waals surface area contributed by atoms with Crippen LogP contribution in [-0.4, -0.2) is 22.4 Å². The van der Waals surface area contributed by atoms with Gasteiger partial charge in [-0.1, -0.05) is 0 Å². The summed E-state index contributed by atoms with van der Waals surface area (Å²) < 4.78 is 0. The van der Waals surface area contributed by atoms with Crippen molar-refractivity contribution in [1.29, 1.82) is 0 Å². The molecule has 0 spiro atoms. The Kier molecular flexibility index (Phi) is 97.2. The molecule has 0 aliphatic heterocycles. The van der Waals surface area contributed by atoms with Crippen LogP contribution in [0, 0.1) is 0 Å². The van der Waals surface area contributed by atoms with E-state index in [9.17, 15) is 0 Å². The average Bonchev–Trinajstić information content (AvgIpc) is 0.811. The van der Waals surface area contributed by atoms with Gasteiger partial charge in [0.25, 0.3) is 0 Å². The third-order valence-electron chi connectivity index (χ3n) is 0. The zero-order chi connectivity index (χ0) is 3.58. The minimum Gasteiger partial charge on any atom is -1.00 e. The van der Waals surface area contributed by atoms with E-state index in [4.69, 9.17) is 15.1 Å². The van der Waals surface area contributed by atoms with Crippen molar-refractivity contribution in [3.63, 3.8) is 0 Å². The topological polar surface area (TPSA) is 60.7 Å². The summed E-state index contributed by atoms with van der Waals surface area (Å²) in [6.45, 7) is 0. The molecule has 0 aromatic rings. The molecular formula is H3BCl3HfO3. The molecule has 0 heterocycles. The van der Waals surface area contributed by atoms with Crippen LogP contribution in [0.5, 0.6) is 0 Å². The Bertz CT molecular complexity index is 19.2. The molecule has 0 amide bonds. The third kappa shape index (κ3) is 121. The first kappa shape index (κ1) is 33.3. The summed E-state index contributed by atoms with van der Waals surface area (Å²) in [5.74, 6) is 0. The Morgan fingerprint density at radius 3 is 0.750 bits per heavy atom. The van der Waals surface area contributed by atoms with Gasteiger partial charge in [-0.25, -0.2) is 0 Å². The van der Waals surface area contributed by atoms with Crippen molar-refractivity contribution in [2.75, 3.05) is 0 Å². The maximum absolute atomic E-state index is 7.17. The summed E-state index contributed by atoms with van der Waals surface area (Å²) in [6.07, 6.45) is 0. The maximum Gasteiger partial charge on any atom is 3.00 e. The maximum atomic E-state index is 7.17. The summed E-state index contributed by atoms with van der Waals surface area (Å²) in [5.41, 5.74) is 0. The van der Waals surface area contributed by atoms with Crippen LogP contribution in [-0.2, 0) is 25.8 Å². The number of halogens is 3. The number of hydrogen-bond donors (Lipinski definition) is 3. The van der Waals surface area contributed by atoms with Gasteiger partial charge in [0.2, 0.25) is 0 Å². The molecule has 0 aliphatic rings. The van der Waals surface area contributed by atoms with E-state index in [0.717, 1.165) is 0 Å². The molecule has 1 radical (unpaired) electrons. The molecule has 0 aliphatic carbocycles. The van der Waals surface area contributed by atoms with E-state index < -0.39 is 7.32 Å². The molecule has 0 bridgehead atoms. The summed E-state index contributed by atoms with van der Waals surface area (Å²) in [7, 11) is -2.17. The van der Waals surface area contributed by atoms with Gasteiger partial charge in [0.15, 0.2) is 0 Å². The van der Waals surface area contributed by atoms with Crippen LogP contribution in [0.1, 0.15) is 0 Å². The second-order valence-corrected chi connectivity index (χ2v) is 0.346. The minimum atomic E-state index is -2.17. The summed E-state index contributed by atoms with van der Waals surface area (Å²) in [5, 5.41) is 21.5. The first-order chi connectivity index (χ1) is 1.73. The van der Waals surface area contributed by atoms with Crippen LogP contribution in [0.3, 0.4) is 0 Å². The molecule has 8 heteroatoms. The molecule has 0 aromatic heterocycles. The fraction of sp³-hybridized carbons (Fsp3) is 0. The zero-order valence-electron chi connectivity index (χ0n) is 3.55. The largest absolute Gasteiger partial charge is 3.00 e. The molecule has 0 rings (SSSR count). The van der Waals surface area contributed by atoms with Crippen LogP contribution in [0.15, 0.2) is 0 Å². The molecule has 3 N–H and O–H groups in total. The van der Waals surface area contributed by atoms with Crippen LogP contribution in [0.4, 0.5) is 0 Å². The predicted octanol–water partition coefficient (Wildman–Crippen LogP) is -11.0. The number of hydrogen-bond acceptors (Lipinski definition) is 3. The van der Waals surface area contributed by atoms with E-state index in [1.807, 2.05) is 0 Å². The number of rotatable bonds is 0. The van der Waals surface area contributed by atoms with Gasteiger partial charge in [0, 0.05) is 0 Å². The molecule has 0 fully saturated rings. The monoisotopic (exact) mass is 347 g/mol. The average molecular weight is 347 g/mol. The van der Waals surface area contributed by atoms with Gasteiger partial charge in [-0.15, -0.1) is 0 Å². The second-order valence-electron chi connectivity index (χ2n) is 0.346. The van der Waals surface area contributed by atoms with E-state index in [0.29, 0.717) is 0 Å². The van der Waals surface area contributed by atoms with Crippen LogP contribution in [0.25, 0.3) is 0 Å². The van der Waals surface area contributed by atoms with Gasteiger partial charge in [0.1, 0.15) is 0 Å². The van der Waals surface area contributed by atoms with Gasteiger partial charge < -0.3 is 52.3 Å². The smallest absolute Gasteiger partial charge is 1.00 e. The Morgan fingerprint density at radius 2 is 0.750 bits per heavy atom. The van der Waals surface area contributed by atoms with E-state index in [2.05, 4.69) is 0 Å². The summed E-state index contributed by atoms with van der Waals surface area (Å²) in [4.78, 5) is 0. The van der Waals surface area contributed by atoms with Crippen molar-refractivity contribution in [3.05, 3.63) is 0 Å². The molecule has 8 heavy (non-hydrogen) atoms. The standard InChI is InChI=1S/BH3O3.3ClH.Hf/c2-1(3)4;;;;/h2-4H;3*1H;/q;;;;+3/p-3. The molecule has 49 valence electrons. The summed E-state index contributed by atoms with van der Waals surface area (Å²) >= 11 is 0.